The molecule has 7 heteroatoms. The molecular weight excluding hydrogens is 400 g/mol. The van der Waals surface area contributed by atoms with Crippen molar-refractivity contribution in [1.82, 2.24) is 0 Å². The summed E-state index contributed by atoms with van der Waals surface area (Å²) in [6.07, 6.45) is 5.76. The topological polar surface area (TPSA) is 88.4 Å². The molecule has 0 unspecified atom stereocenters. The number of thiophene rings is 1. The Morgan fingerprint density at radius 1 is 1.30 bits per heavy atom. The molecule has 158 valence electrons. The molecular formula is C23H26N2O4S. The summed E-state index contributed by atoms with van der Waals surface area (Å²) in [5, 5.41) is 12.6. The number of nitrogens with zero attached hydrogens (tertiary/aromatic N) is 1. The van der Waals surface area contributed by atoms with Crippen LogP contribution in [0.3, 0.4) is 0 Å². The molecule has 0 spiro atoms. The van der Waals surface area contributed by atoms with Gasteiger partial charge in [-0.2, -0.15) is 5.26 Å². The molecule has 1 saturated carbocycles. The van der Waals surface area contributed by atoms with Crippen LogP contribution in [0.15, 0.2) is 24.3 Å². The van der Waals surface area contributed by atoms with Gasteiger partial charge in [-0.3, -0.25) is 4.79 Å². The van der Waals surface area contributed by atoms with Crippen LogP contribution in [0.2, 0.25) is 0 Å². The second-order valence-electron chi connectivity index (χ2n) is 7.31. The van der Waals surface area contributed by atoms with Gasteiger partial charge in [-0.1, -0.05) is 12.1 Å². The minimum absolute atomic E-state index is 0.203. The van der Waals surface area contributed by atoms with Crippen LogP contribution in [0, 0.1) is 18.3 Å². The van der Waals surface area contributed by atoms with E-state index < -0.39 is 5.97 Å². The number of carbonyl (C=O) groups is 2. The SMILES string of the molecule is CCOC(=O)c1sc(NC(=O)CCc2cccc(OC3CCCC3)c2)c(C#N)c1C. The van der Waals surface area contributed by atoms with Crippen LogP contribution in [0.1, 0.15) is 65.4 Å². The third-order valence-electron chi connectivity index (χ3n) is 5.12. The predicted molar refractivity (Wildman–Crippen MR) is 116 cm³/mol. The van der Waals surface area contributed by atoms with Gasteiger partial charge in [0.2, 0.25) is 5.91 Å². The number of hydrogen-bond donors (Lipinski definition) is 1. The molecule has 0 aliphatic heterocycles. The smallest absolute Gasteiger partial charge is 0.348 e. The number of ether oxygens (including phenoxy) is 2. The standard InChI is InChI=1S/C23H26N2O4S/c1-3-28-23(27)21-15(2)19(14-24)22(30-21)25-20(26)12-11-16-7-6-10-18(13-16)29-17-8-4-5-9-17/h6-7,10,13,17H,3-5,8-9,11-12H2,1-2H3,(H,25,26). The zero-order valence-corrected chi connectivity index (χ0v) is 18.1. The number of carbonyl (C=O) groups excluding carboxylic acids is 2. The number of nitrogens with one attached hydrogen (secondary N) is 1. The highest BCUT2D eigenvalue weighted by Gasteiger charge is 2.22. The lowest BCUT2D eigenvalue weighted by atomic mass is 10.1. The summed E-state index contributed by atoms with van der Waals surface area (Å²) in [6, 6.07) is 9.93. The van der Waals surface area contributed by atoms with E-state index in [0.717, 1.165) is 35.5 Å². The van der Waals surface area contributed by atoms with E-state index in [9.17, 15) is 14.9 Å². The van der Waals surface area contributed by atoms with Crippen LogP contribution >= 0.6 is 11.3 Å². The molecule has 0 bridgehead atoms. The largest absolute Gasteiger partial charge is 0.490 e. The third kappa shape index (κ3) is 5.39. The van der Waals surface area contributed by atoms with Crippen LogP contribution < -0.4 is 10.1 Å². The summed E-state index contributed by atoms with van der Waals surface area (Å²) < 4.78 is 11.1. The van der Waals surface area contributed by atoms with Crippen LogP contribution in [0.4, 0.5) is 5.00 Å². The Morgan fingerprint density at radius 3 is 2.77 bits per heavy atom. The van der Waals surface area contributed by atoms with Crippen molar-refractivity contribution in [2.45, 2.75) is 58.5 Å². The number of aryl methyl sites for hydroxylation is 1. The van der Waals surface area contributed by atoms with Gasteiger partial charge in [-0.15, -0.1) is 11.3 Å². The number of hydrogen-bond acceptors (Lipinski definition) is 6. The molecule has 30 heavy (non-hydrogen) atoms. The van der Waals surface area contributed by atoms with Crippen LogP contribution in [0.25, 0.3) is 0 Å². The zero-order valence-electron chi connectivity index (χ0n) is 17.3. The first-order chi connectivity index (χ1) is 14.5. The van der Waals surface area contributed by atoms with Crippen LogP contribution in [-0.2, 0) is 16.0 Å². The predicted octanol–water partition coefficient (Wildman–Crippen LogP) is 5.00. The van der Waals surface area contributed by atoms with E-state index in [2.05, 4.69) is 11.4 Å². The monoisotopic (exact) mass is 426 g/mol. The average molecular weight is 427 g/mol. The molecule has 3 rings (SSSR count). The maximum atomic E-state index is 12.5. The first-order valence-corrected chi connectivity index (χ1v) is 11.1. The lowest BCUT2D eigenvalue weighted by Crippen LogP contribution is -2.13. The van der Waals surface area contributed by atoms with Crippen molar-refractivity contribution in [3.8, 4) is 11.8 Å². The lowest BCUT2D eigenvalue weighted by Gasteiger charge is -2.13. The highest BCUT2D eigenvalue weighted by atomic mass is 32.1. The summed E-state index contributed by atoms with van der Waals surface area (Å²) in [6.45, 7) is 3.67. The Kier molecular flexibility index (Phi) is 7.47. The molecule has 1 fully saturated rings. The highest BCUT2D eigenvalue weighted by molar-refractivity contribution is 7.18. The number of amides is 1. The molecule has 1 N–H and O–H groups in total. The number of anilines is 1. The maximum absolute atomic E-state index is 12.5. The van der Waals surface area contributed by atoms with Crippen molar-refractivity contribution >= 4 is 28.2 Å². The summed E-state index contributed by atoms with van der Waals surface area (Å²) in [5.74, 6) is 0.167. The second kappa shape index (κ2) is 10.3. The van der Waals surface area contributed by atoms with E-state index in [-0.39, 0.29) is 18.9 Å². The van der Waals surface area contributed by atoms with E-state index in [1.165, 1.54) is 12.8 Å². The molecule has 0 radical (unpaired) electrons. The fraction of sp³-hybridized carbons (Fsp3) is 0.435. The van der Waals surface area contributed by atoms with Gasteiger partial charge in [0.15, 0.2) is 0 Å². The van der Waals surface area contributed by atoms with Gasteiger partial charge in [0.05, 0.1) is 18.3 Å². The molecule has 0 saturated heterocycles. The molecule has 2 aromatic rings. The van der Waals surface area contributed by atoms with Gasteiger partial charge in [-0.25, -0.2) is 4.79 Å². The van der Waals surface area contributed by atoms with Gasteiger partial charge in [0.25, 0.3) is 0 Å². The quantitative estimate of drug-likeness (QED) is 0.600. The van der Waals surface area contributed by atoms with Crippen molar-refractivity contribution < 1.29 is 19.1 Å². The first kappa shape index (κ1) is 21.8. The minimum Gasteiger partial charge on any atom is -0.490 e. The molecule has 1 aromatic carbocycles. The van der Waals surface area contributed by atoms with E-state index in [1.54, 1.807) is 13.8 Å². The number of benzene rings is 1. The second-order valence-corrected chi connectivity index (χ2v) is 8.33. The first-order valence-electron chi connectivity index (χ1n) is 10.3. The van der Waals surface area contributed by atoms with Gasteiger partial charge >= 0.3 is 5.97 Å². The van der Waals surface area contributed by atoms with Crippen molar-refractivity contribution in [2.75, 3.05) is 11.9 Å². The van der Waals surface area contributed by atoms with Crippen molar-refractivity contribution in [3.63, 3.8) is 0 Å². The Labute approximate surface area is 180 Å². The van der Waals surface area contributed by atoms with E-state index in [1.807, 2.05) is 24.3 Å². The maximum Gasteiger partial charge on any atom is 0.348 e. The number of nitriles is 1. The fourth-order valence-corrected chi connectivity index (χ4v) is 4.61. The molecule has 1 aliphatic carbocycles. The molecule has 1 aliphatic rings. The Morgan fingerprint density at radius 2 is 2.07 bits per heavy atom. The summed E-state index contributed by atoms with van der Waals surface area (Å²) in [4.78, 5) is 24.9. The molecule has 1 amide bonds. The Balaban J connectivity index is 1.60. The zero-order chi connectivity index (χ0) is 21.5. The minimum atomic E-state index is -0.476. The van der Waals surface area contributed by atoms with Gasteiger partial charge in [0, 0.05) is 6.42 Å². The average Bonchev–Trinajstić information content (AvgIpc) is 3.34. The molecule has 1 heterocycles. The summed E-state index contributed by atoms with van der Waals surface area (Å²) >= 11 is 1.08. The van der Waals surface area contributed by atoms with Gasteiger partial charge < -0.3 is 14.8 Å². The van der Waals surface area contributed by atoms with Crippen molar-refractivity contribution in [2.24, 2.45) is 0 Å². The third-order valence-corrected chi connectivity index (χ3v) is 6.30. The van der Waals surface area contributed by atoms with Crippen LogP contribution in [-0.4, -0.2) is 24.6 Å². The molecule has 1 aromatic heterocycles. The Bertz CT molecular complexity index is 955. The van der Waals surface area contributed by atoms with Gasteiger partial charge in [-0.05, 0) is 69.2 Å². The normalized spacial score (nSPS) is 13.6. The van der Waals surface area contributed by atoms with Crippen molar-refractivity contribution in [1.29, 1.82) is 5.26 Å². The fourth-order valence-electron chi connectivity index (χ4n) is 3.55. The highest BCUT2D eigenvalue weighted by Crippen LogP contribution is 2.33. The summed E-state index contributed by atoms with van der Waals surface area (Å²) in [5.41, 5.74) is 1.87. The number of esters is 1. The lowest BCUT2D eigenvalue weighted by molar-refractivity contribution is -0.116. The van der Waals surface area contributed by atoms with E-state index >= 15 is 0 Å². The molecule has 0 atom stereocenters. The van der Waals surface area contributed by atoms with Crippen LogP contribution in [0.5, 0.6) is 5.75 Å². The van der Waals surface area contributed by atoms with Gasteiger partial charge in [0.1, 0.15) is 21.7 Å². The van der Waals surface area contributed by atoms with E-state index in [0.29, 0.717) is 33.5 Å². The molecule has 6 nitrogen and oxygen atoms in total. The van der Waals surface area contributed by atoms with E-state index in [4.69, 9.17) is 9.47 Å². The summed E-state index contributed by atoms with van der Waals surface area (Å²) in [7, 11) is 0. The number of rotatable bonds is 8. The Hall–Kier alpha value is -2.85. The van der Waals surface area contributed by atoms with Crippen molar-refractivity contribution in [3.05, 3.63) is 45.8 Å².